The van der Waals surface area contributed by atoms with Crippen molar-refractivity contribution >= 4 is 11.7 Å². The second-order valence-corrected chi connectivity index (χ2v) is 12.6. The Morgan fingerprint density at radius 3 is 2.09 bits per heavy atom. The molecule has 252 valence electrons. The molecule has 3 aromatic carbocycles. The molecule has 1 fully saturated rings. The molecule has 3 aromatic rings. The highest BCUT2D eigenvalue weighted by atomic mass is 19.4. The molecule has 5 nitrogen and oxygen atoms in total. The van der Waals surface area contributed by atoms with Crippen LogP contribution in [-0.2, 0) is 17.1 Å². The first kappa shape index (κ1) is 34.1. The lowest BCUT2D eigenvalue weighted by Crippen LogP contribution is -2.35. The predicted molar refractivity (Wildman–Crippen MR) is 156 cm³/mol. The highest BCUT2D eigenvalue weighted by Gasteiger charge is 2.44. The molecule has 0 spiro atoms. The fraction of sp³-hybridized carbons (Fsp3) is 0.382. The number of hydrogen-bond donors (Lipinski definition) is 1. The third-order valence-corrected chi connectivity index (χ3v) is 8.74. The van der Waals surface area contributed by atoms with E-state index < -0.39 is 64.7 Å². The number of amides is 1. The number of methoxy groups -OCH3 is 1. The number of nitrogens with zero attached hydrogens (tertiary/aromatic N) is 1. The number of carbonyl (C=O) groups is 1. The van der Waals surface area contributed by atoms with Crippen LogP contribution in [0.15, 0.2) is 54.1 Å². The maximum Gasteiger partial charge on any atom is 0.416 e. The van der Waals surface area contributed by atoms with E-state index in [9.17, 15) is 45.0 Å². The molecule has 47 heavy (non-hydrogen) atoms. The number of halogens is 8. The molecule has 1 aliphatic heterocycles. The van der Waals surface area contributed by atoms with Crippen LogP contribution in [0.3, 0.4) is 0 Å². The Bertz CT molecular complexity index is 1690. The van der Waals surface area contributed by atoms with Crippen LogP contribution in [0.5, 0.6) is 11.5 Å². The molecule has 13 heteroatoms. The van der Waals surface area contributed by atoms with Gasteiger partial charge in [0.05, 0.1) is 24.3 Å². The van der Waals surface area contributed by atoms with E-state index in [0.717, 1.165) is 29.7 Å². The lowest BCUT2D eigenvalue weighted by atomic mass is 9.72. The number of allylic oxidation sites excluding steroid dienone is 1. The molecule has 2 atom stereocenters. The minimum absolute atomic E-state index is 0.0202. The van der Waals surface area contributed by atoms with E-state index in [2.05, 4.69) is 0 Å². The number of phenolic OH excluding ortho intramolecular Hbond substituents is 1. The summed E-state index contributed by atoms with van der Waals surface area (Å²) >= 11 is 0. The van der Waals surface area contributed by atoms with Gasteiger partial charge in [-0.2, -0.15) is 26.3 Å². The van der Waals surface area contributed by atoms with Crippen LogP contribution in [0.1, 0.15) is 68.4 Å². The van der Waals surface area contributed by atoms with Crippen molar-refractivity contribution in [2.75, 3.05) is 13.7 Å². The molecule has 0 aromatic heterocycles. The number of cyclic esters (lactones) is 1. The van der Waals surface area contributed by atoms with Gasteiger partial charge < -0.3 is 14.6 Å². The van der Waals surface area contributed by atoms with Gasteiger partial charge in [-0.25, -0.2) is 13.6 Å². The monoisotopic (exact) mass is 669 g/mol. The second kappa shape index (κ2) is 12.1. The molecule has 0 saturated carbocycles. The highest BCUT2D eigenvalue weighted by Crippen LogP contribution is 2.47. The number of alkyl halides is 6. The van der Waals surface area contributed by atoms with E-state index in [-0.39, 0.29) is 23.6 Å². The number of hydrogen-bond acceptors (Lipinski definition) is 4. The third kappa shape index (κ3) is 6.89. The van der Waals surface area contributed by atoms with Crippen LogP contribution in [0.4, 0.5) is 39.9 Å². The van der Waals surface area contributed by atoms with Crippen molar-refractivity contribution in [3.8, 4) is 22.6 Å². The normalized spacial score (nSPS) is 20.1. The van der Waals surface area contributed by atoms with Gasteiger partial charge in [0, 0.05) is 12.1 Å². The van der Waals surface area contributed by atoms with Crippen LogP contribution < -0.4 is 4.74 Å². The first-order valence-electron chi connectivity index (χ1n) is 14.6. The SMILES string of the molecule is COc1ccc(-c2cc(F)c(O)c(F)c2)cc1C1=C(CN2C(=O)O[C@H](c3cc(C(F)(F)F)cc(C(F)(F)F)c3)[C@@H]2C)CC(C)(C)CC1. The predicted octanol–water partition coefficient (Wildman–Crippen LogP) is 9.93. The summed E-state index contributed by atoms with van der Waals surface area (Å²) in [6.45, 7) is 5.49. The maximum absolute atomic E-state index is 14.2. The van der Waals surface area contributed by atoms with Gasteiger partial charge in [-0.15, -0.1) is 0 Å². The van der Waals surface area contributed by atoms with Gasteiger partial charge in [0.1, 0.15) is 11.9 Å². The third-order valence-electron chi connectivity index (χ3n) is 8.74. The molecular weight excluding hydrogens is 638 g/mol. The first-order chi connectivity index (χ1) is 21.8. The summed E-state index contributed by atoms with van der Waals surface area (Å²) < 4.78 is 121. The average Bonchev–Trinajstić information content (AvgIpc) is 3.26. The van der Waals surface area contributed by atoms with Gasteiger partial charge in [-0.1, -0.05) is 19.9 Å². The zero-order chi connectivity index (χ0) is 34.6. The minimum Gasteiger partial charge on any atom is -0.503 e. The molecule has 2 aliphatic rings. The Morgan fingerprint density at radius 2 is 1.53 bits per heavy atom. The summed E-state index contributed by atoms with van der Waals surface area (Å²) in [4.78, 5) is 14.5. The van der Waals surface area contributed by atoms with Crippen molar-refractivity contribution in [3.05, 3.63) is 88.0 Å². The van der Waals surface area contributed by atoms with Gasteiger partial charge in [-0.05, 0) is 102 Å². The maximum atomic E-state index is 14.2. The smallest absolute Gasteiger partial charge is 0.416 e. The zero-order valence-corrected chi connectivity index (χ0v) is 25.7. The Hall–Kier alpha value is -4.29. The standard InChI is InChI=1S/C34H31F8NO4/c1-17-30(20-9-22(33(37,38)39)14-23(10-20)34(40,41)42)47-31(45)43(17)16-21-15-32(2,3)8-7-24(21)25-11-18(5-6-28(25)46-4)19-12-26(35)29(44)27(36)13-19/h5-6,9-14,17,30,44H,7-8,15-16H2,1-4H3/t17-,30-/m0/s1. The summed E-state index contributed by atoms with van der Waals surface area (Å²) in [6, 6.07) is 7.07. The van der Waals surface area contributed by atoms with Crippen LogP contribution in [0, 0.1) is 17.0 Å². The molecule has 0 unspecified atom stereocenters. The second-order valence-electron chi connectivity index (χ2n) is 12.6. The Kier molecular flexibility index (Phi) is 8.74. The zero-order valence-electron chi connectivity index (χ0n) is 25.7. The molecule has 5 rings (SSSR count). The fourth-order valence-electron chi connectivity index (χ4n) is 6.25. The summed E-state index contributed by atoms with van der Waals surface area (Å²) in [5, 5.41) is 9.55. The summed E-state index contributed by atoms with van der Waals surface area (Å²) in [6.07, 6.45) is -10.8. The van der Waals surface area contributed by atoms with E-state index in [4.69, 9.17) is 9.47 Å². The minimum atomic E-state index is -5.07. The molecule has 0 radical (unpaired) electrons. The van der Waals surface area contributed by atoms with Crippen molar-refractivity contribution in [1.29, 1.82) is 0 Å². The highest BCUT2D eigenvalue weighted by molar-refractivity contribution is 5.80. The van der Waals surface area contributed by atoms with Gasteiger partial charge in [0.25, 0.3) is 0 Å². The lowest BCUT2D eigenvalue weighted by Gasteiger charge is -2.36. The van der Waals surface area contributed by atoms with E-state index >= 15 is 0 Å². The first-order valence-corrected chi connectivity index (χ1v) is 14.6. The number of rotatable bonds is 6. The number of aromatic hydroxyl groups is 1. The molecule has 1 aliphatic carbocycles. The van der Waals surface area contributed by atoms with Crippen LogP contribution in [0.2, 0.25) is 0 Å². The van der Waals surface area contributed by atoms with Crippen LogP contribution >= 0.6 is 0 Å². The van der Waals surface area contributed by atoms with Crippen molar-refractivity contribution in [3.63, 3.8) is 0 Å². The van der Waals surface area contributed by atoms with E-state index in [1.165, 1.54) is 18.9 Å². The van der Waals surface area contributed by atoms with Crippen molar-refractivity contribution in [2.45, 2.75) is 64.5 Å². The van der Waals surface area contributed by atoms with Gasteiger partial charge in [0.15, 0.2) is 17.4 Å². The quantitative estimate of drug-likeness (QED) is 0.266. The van der Waals surface area contributed by atoms with Crippen molar-refractivity contribution < 1.29 is 54.5 Å². The molecule has 1 saturated heterocycles. The summed E-state index contributed by atoms with van der Waals surface area (Å²) in [7, 11) is 1.44. The molecule has 1 heterocycles. The lowest BCUT2D eigenvalue weighted by molar-refractivity contribution is -0.143. The van der Waals surface area contributed by atoms with Gasteiger partial charge in [0.2, 0.25) is 0 Å². The van der Waals surface area contributed by atoms with Gasteiger partial charge in [-0.3, -0.25) is 4.90 Å². The molecule has 1 N–H and O–H groups in total. The van der Waals surface area contributed by atoms with Crippen molar-refractivity contribution in [2.24, 2.45) is 5.41 Å². The summed E-state index contributed by atoms with van der Waals surface area (Å²) in [5.74, 6) is -2.96. The number of benzene rings is 3. The molecule has 1 amide bonds. The average molecular weight is 670 g/mol. The molecular formula is C34H31F8NO4. The molecule has 0 bridgehead atoms. The van der Waals surface area contributed by atoms with Crippen LogP contribution in [-0.4, -0.2) is 35.8 Å². The Morgan fingerprint density at radius 1 is 0.936 bits per heavy atom. The van der Waals surface area contributed by atoms with Crippen molar-refractivity contribution in [1.82, 2.24) is 4.90 Å². The van der Waals surface area contributed by atoms with E-state index in [0.29, 0.717) is 41.9 Å². The number of phenols is 1. The Labute approximate surface area is 265 Å². The number of carbonyl (C=O) groups excluding carboxylic acids is 1. The fourth-order valence-corrected chi connectivity index (χ4v) is 6.25. The summed E-state index contributed by atoms with van der Waals surface area (Å²) in [5.41, 5.74) is -1.03. The van der Waals surface area contributed by atoms with Crippen LogP contribution in [0.25, 0.3) is 16.7 Å². The Balaban J connectivity index is 1.55. The topological polar surface area (TPSA) is 59.0 Å². The largest absolute Gasteiger partial charge is 0.503 e. The van der Waals surface area contributed by atoms with Gasteiger partial charge >= 0.3 is 18.4 Å². The van der Waals surface area contributed by atoms with E-state index in [1.54, 1.807) is 18.2 Å². The number of ether oxygens (including phenoxy) is 2. The van der Waals surface area contributed by atoms with E-state index in [1.807, 2.05) is 13.8 Å².